The maximum absolute atomic E-state index is 12.9. The molecule has 32 heavy (non-hydrogen) atoms. The largest absolute Gasteiger partial charge is 0.462 e. The molecule has 4 rings (SSSR count). The minimum Gasteiger partial charge on any atom is -0.462 e. The SMILES string of the molecule is CCOC(=O)c1ccc(N2CCN(C(=O)c3ccc(-n4c(C)c[nH]c4=O)cc3)CC2)nc1. The van der Waals surface area contributed by atoms with Crippen molar-refractivity contribution < 1.29 is 14.3 Å². The lowest BCUT2D eigenvalue weighted by molar-refractivity contribution is 0.0525. The number of carbonyl (C=O) groups excluding carboxylic acids is 2. The summed E-state index contributed by atoms with van der Waals surface area (Å²) in [6.45, 7) is 6.36. The molecule has 0 atom stereocenters. The third kappa shape index (κ3) is 4.27. The molecule has 1 aliphatic rings. The van der Waals surface area contributed by atoms with Crippen LogP contribution in [0.4, 0.5) is 5.82 Å². The number of rotatable bonds is 5. The molecule has 3 heterocycles. The molecule has 0 saturated carbocycles. The third-order valence-electron chi connectivity index (χ3n) is 5.48. The lowest BCUT2D eigenvalue weighted by Crippen LogP contribution is -2.49. The Hall–Kier alpha value is -3.88. The monoisotopic (exact) mass is 435 g/mol. The summed E-state index contributed by atoms with van der Waals surface area (Å²) in [5, 5.41) is 0. The Balaban J connectivity index is 1.37. The first-order valence-corrected chi connectivity index (χ1v) is 10.5. The number of piperazine rings is 1. The van der Waals surface area contributed by atoms with Gasteiger partial charge in [-0.2, -0.15) is 0 Å². The second kappa shape index (κ2) is 9.09. The molecule has 0 unspecified atom stereocenters. The van der Waals surface area contributed by atoms with E-state index < -0.39 is 0 Å². The number of benzene rings is 1. The Morgan fingerprint density at radius 1 is 1.03 bits per heavy atom. The summed E-state index contributed by atoms with van der Waals surface area (Å²) in [7, 11) is 0. The molecule has 1 aliphatic heterocycles. The van der Waals surface area contributed by atoms with Crippen LogP contribution in [0, 0.1) is 6.92 Å². The number of ether oxygens (including phenoxy) is 1. The van der Waals surface area contributed by atoms with E-state index in [1.165, 1.54) is 6.20 Å². The highest BCUT2D eigenvalue weighted by atomic mass is 16.5. The second-order valence-electron chi connectivity index (χ2n) is 7.52. The normalized spacial score (nSPS) is 13.8. The number of pyridine rings is 1. The predicted molar refractivity (Wildman–Crippen MR) is 119 cm³/mol. The zero-order valence-corrected chi connectivity index (χ0v) is 18.1. The van der Waals surface area contributed by atoms with E-state index in [0.717, 1.165) is 11.5 Å². The fourth-order valence-electron chi connectivity index (χ4n) is 3.76. The molecule has 2 aromatic heterocycles. The average Bonchev–Trinajstić information content (AvgIpc) is 3.17. The van der Waals surface area contributed by atoms with Crippen molar-refractivity contribution >= 4 is 17.7 Å². The number of amides is 1. The highest BCUT2D eigenvalue weighted by Crippen LogP contribution is 2.17. The quantitative estimate of drug-likeness (QED) is 0.616. The first-order valence-electron chi connectivity index (χ1n) is 10.5. The van der Waals surface area contributed by atoms with Crippen LogP contribution in [-0.2, 0) is 4.74 Å². The van der Waals surface area contributed by atoms with Gasteiger partial charge in [-0.1, -0.05) is 0 Å². The Morgan fingerprint density at radius 3 is 2.28 bits per heavy atom. The topological polar surface area (TPSA) is 101 Å². The number of nitrogens with one attached hydrogen (secondary N) is 1. The highest BCUT2D eigenvalue weighted by Gasteiger charge is 2.23. The molecule has 9 heteroatoms. The van der Waals surface area contributed by atoms with E-state index >= 15 is 0 Å². The third-order valence-corrected chi connectivity index (χ3v) is 5.48. The molecule has 0 spiro atoms. The standard InChI is InChI=1S/C23H25N5O4/c1-3-32-22(30)18-6-9-20(24-15-18)26-10-12-27(13-11-26)21(29)17-4-7-19(8-5-17)28-16(2)14-25-23(28)31/h4-9,14-15H,3,10-13H2,1-2H3,(H,25,31). The van der Waals surface area contributed by atoms with Crippen LogP contribution >= 0.6 is 0 Å². The van der Waals surface area contributed by atoms with Crippen molar-refractivity contribution in [1.29, 1.82) is 0 Å². The van der Waals surface area contributed by atoms with Gasteiger partial charge < -0.3 is 19.5 Å². The molecule has 1 saturated heterocycles. The summed E-state index contributed by atoms with van der Waals surface area (Å²) in [4.78, 5) is 47.6. The maximum Gasteiger partial charge on any atom is 0.339 e. The summed E-state index contributed by atoms with van der Waals surface area (Å²) in [6.07, 6.45) is 3.17. The molecular formula is C23H25N5O4. The Bertz CT molecular complexity index is 1160. The van der Waals surface area contributed by atoms with Crippen molar-refractivity contribution in [3.05, 3.63) is 76.1 Å². The first kappa shape index (κ1) is 21.4. The molecule has 1 fully saturated rings. The van der Waals surface area contributed by atoms with E-state index in [1.807, 2.05) is 11.8 Å². The number of H-pyrrole nitrogens is 1. The number of aryl methyl sites for hydroxylation is 1. The smallest absolute Gasteiger partial charge is 0.339 e. The summed E-state index contributed by atoms with van der Waals surface area (Å²) in [5.41, 5.74) is 2.31. The minimum atomic E-state index is -0.385. The molecule has 0 bridgehead atoms. The molecule has 9 nitrogen and oxygen atoms in total. The Kier molecular flexibility index (Phi) is 6.07. The number of hydrogen-bond donors (Lipinski definition) is 1. The van der Waals surface area contributed by atoms with Gasteiger partial charge in [-0.05, 0) is 50.2 Å². The van der Waals surface area contributed by atoms with E-state index in [4.69, 9.17) is 4.74 Å². The Morgan fingerprint density at radius 2 is 1.72 bits per heavy atom. The predicted octanol–water partition coefficient (Wildman–Crippen LogP) is 2.01. The molecule has 1 aromatic carbocycles. The number of imidazole rings is 1. The summed E-state index contributed by atoms with van der Waals surface area (Å²) in [5.74, 6) is 0.339. The van der Waals surface area contributed by atoms with Crippen molar-refractivity contribution in [1.82, 2.24) is 19.4 Å². The van der Waals surface area contributed by atoms with Gasteiger partial charge in [0.1, 0.15) is 5.82 Å². The zero-order valence-electron chi connectivity index (χ0n) is 18.1. The van der Waals surface area contributed by atoms with Crippen LogP contribution in [0.15, 0.2) is 53.6 Å². The van der Waals surface area contributed by atoms with Crippen LogP contribution in [0.1, 0.15) is 33.3 Å². The second-order valence-corrected chi connectivity index (χ2v) is 7.52. The van der Waals surface area contributed by atoms with Gasteiger partial charge in [-0.15, -0.1) is 0 Å². The van der Waals surface area contributed by atoms with Gasteiger partial charge in [0.15, 0.2) is 0 Å². The molecule has 0 radical (unpaired) electrons. The van der Waals surface area contributed by atoms with Crippen molar-refractivity contribution in [2.45, 2.75) is 13.8 Å². The van der Waals surface area contributed by atoms with Crippen LogP contribution in [0.3, 0.4) is 0 Å². The van der Waals surface area contributed by atoms with Gasteiger partial charge in [0.05, 0.1) is 17.9 Å². The van der Waals surface area contributed by atoms with Crippen molar-refractivity contribution in [3.8, 4) is 5.69 Å². The zero-order chi connectivity index (χ0) is 22.7. The number of carbonyl (C=O) groups is 2. The van der Waals surface area contributed by atoms with Gasteiger partial charge in [0.25, 0.3) is 5.91 Å². The molecule has 0 aliphatic carbocycles. The van der Waals surface area contributed by atoms with E-state index in [1.54, 1.807) is 54.1 Å². The molecule has 3 aromatic rings. The first-order chi connectivity index (χ1) is 15.5. The van der Waals surface area contributed by atoms with Gasteiger partial charge in [-0.3, -0.25) is 9.36 Å². The van der Waals surface area contributed by atoms with Gasteiger partial charge in [0.2, 0.25) is 0 Å². The van der Waals surface area contributed by atoms with E-state index in [9.17, 15) is 14.4 Å². The van der Waals surface area contributed by atoms with Crippen LogP contribution in [-0.4, -0.2) is 64.1 Å². The van der Waals surface area contributed by atoms with Gasteiger partial charge >= 0.3 is 11.7 Å². The molecule has 166 valence electrons. The number of hydrogen-bond acceptors (Lipinski definition) is 6. The summed E-state index contributed by atoms with van der Waals surface area (Å²) < 4.78 is 6.54. The number of esters is 1. The van der Waals surface area contributed by atoms with Gasteiger partial charge in [-0.25, -0.2) is 14.6 Å². The molecule has 1 amide bonds. The fraction of sp³-hybridized carbons (Fsp3) is 0.304. The van der Waals surface area contributed by atoms with Crippen molar-refractivity contribution in [2.75, 3.05) is 37.7 Å². The van der Waals surface area contributed by atoms with Crippen LogP contribution in [0.2, 0.25) is 0 Å². The number of nitrogens with zero attached hydrogens (tertiary/aromatic N) is 4. The van der Waals surface area contributed by atoms with Crippen LogP contribution in [0.25, 0.3) is 5.69 Å². The number of anilines is 1. The molecule has 1 N–H and O–H groups in total. The van der Waals surface area contributed by atoms with Crippen LogP contribution in [0.5, 0.6) is 0 Å². The van der Waals surface area contributed by atoms with E-state index in [-0.39, 0.29) is 17.6 Å². The fourth-order valence-corrected chi connectivity index (χ4v) is 3.76. The van der Waals surface area contributed by atoms with E-state index in [0.29, 0.717) is 49.6 Å². The lowest BCUT2D eigenvalue weighted by atomic mass is 10.1. The number of aromatic nitrogens is 3. The summed E-state index contributed by atoms with van der Waals surface area (Å²) in [6, 6.07) is 10.6. The minimum absolute atomic E-state index is 0.0417. The maximum atomic E-state index is 12.9. The summed E-state index contributed by atoms with van der Waals surface area (Å²) >= 11 is 0. The molecular weight excluding hydrogens is 410 g/mol. The number of aromatic amines is 1. The van der Waals surface area contributed by atoms with Crippen LogP contribution < -0.4 is 10.6 Å². The van der Waals surface area contributed by atoms with E-state index in [2.05, 4.69) is 14.9 Å². The lowest BCUT2D eigenvalue weighted by Gasteiger charge is -2.35. The van der Waals surface area contributed by atoms with Crippen molar-refractivity contribution in [3.63, 3.8) is 0 Å². The Labute approximate surface area is 185 Å². The van der Waals surface area contributed by atoms with Gasteiger partial charge in [0, 0.05) is 49.8 Å². The van der Waals surface area contributed by atoms with Crippen molar-refractivity contribution in [2.24, 2.45) is 0 Å². The highest BCUT2D eigenvalue weighted by molar-refractivity contribution is 5.94. The average molecular weight is 435 g/mol.